The maximum absolute atomic E-state index is 4.41. The van der Waals surface area contributed by atoms with Crippen LogP contribution in [-0.4, -0.2) is 29.2 Å². The third-order valence-corrected chi connectivity index (χ3v) is 3.78. The number of nitrogens with zero attached hydrogens (tertiary/aromatic N) is 6. The van der Waals surface area contributed by atoms with Gasteiger partial charge >= 0.3 is 0 Å². The van der Waals surface area contributed by atoms with Gasteiger partial charge < -0.3 is 0 Å². The van der Waals surface area contributed by atoms with Gasteiger partial charge in [0.2, 0.25) is 5.16 Å². The molecule has 0 aliphatic heterocycles. The standard InChI is InChI=1S/C10H10N6S2/c1-6-3-7(2)16-9(11-6)12-10(14-16)17-4-8-5-18-15-13-8/h3,5H,4H2,1-2H3. The molecule has 0 radical (unpaired) electrons. The van der Waals surface area contributed by atoms with E-state index in [1.165, 1.54) is 23.3 Å². The number of aromatic nitrogens is 6. The van der Waals surface area contributed by atoms with Crippen molar-refractivity contribution in [2.75, 3.05) is 0 Å². The summed E-state index contributed by atoms with van der Waals surface area (Å²) in [6.07, 6.45) is 0. The Kier molecular flexibility index (Phi) is 2.96. The molecule has 0 saturated carbocycles. The molecule has 0 aliphatic carbocycles. The molecular formula is C10H10N6S2. The van der Waals surface area contributed by atoms with Gasteiger partial charge in [-0.15, -0.1) is 10.2 Å². The zero-order valence-corrected chi connectivity index (χ0v) is 11.5. The molecule has 0 N–H and O–H groups in total. The first-order valence-corrected chi connectivity index (χ1v) is 7.14. The van der Waals surface area contributed by atoms with Gasteiger partial charge in [-0.1, -0.05) is 16.3 Å². The Labute approximate surface area is 112 Å². The summed E-state index contributed by atoms with van der Waals surface area (Å²) in [5.74, 6) is 1.37. The highest BCUT2D eigenvalue weighted by Gasteiger charge is 2.08. The lowest BCUT2D eigenvalue weighted by atomic mass is 10.4. The van der Waals surface area contributed by atoms with Crippen molar-refractivity contribution < 1.29 is 0 Å². The van der Waals surface area contributed by atoms with E-state index >= 15 is 0 Å². The first-order valence-electron chi connectivity index (χ1n) is 5.32. The molecule has 0 fully saturated rings. The largest absolute Gasteiger partial charge is 0.253 e. The fourth-order valence-corrected chi connectivity index (χ4v) is 2.85. The third kappa shape index (κ3) is 2.21. The molecule has 0 aromatic carbocycles. The lowest BCUT2D eigenvalue weighted by Gasteiger charge is -1.97. The van der Waals surface area contributed by atoms with Gasteiger partial charge in [0.1, 0.15) is 0 Å². The summed E-state index contributed by atoms with van der Waals surface area (Å²) in [7, 11) is 0. The van der Waals surface area contributed by atoms with Crippen LogP contribution >= 0.6 is 23.3 Å². The van der Waals surface area contributed by atoms with Crippen LogP contribution < -0.4 is 0 Å². The number of rotatable bonds is 3. The van der Waals surface area contributed by atoms with Crippen molar-refractivity contribution in [2.24, 2.45) is 0 Å². The molecule has 0 amide bonds. The smallest absolute Gasteiger partial charge is 0.216 e. The predicted molar refractivity (Wildman–Crippen MR) is 69.7 cm³/mol. The average molecular weight is 278 g/mol. The van der Waals surface area contributed by atoms with Crippen molar-refractivity contribution in [3.05, 3.63) is 28.5 Å². The Morgan fingerprint density at radius 3 is 3.00 bits per heavy atom. The van der Waals surface area contributed by atoms with Gasteiger partial charge in [-0.05, 0) is 31.4 Å². The Morgan fingerprint density at radius 1 is 1.33 bits per heavy atom. The van der Waals surface area contributed by atoms with Crippen LogP contribution in [0.15, 0.2) is 16.6 Å². The van der Waals surface area contributed by atoms with Gasteiger partial charge in [0, 0.05) is 22.5 Å². The van der Waals surface area contributed by atoms with Gasteiger partial charge in [-0.3, -0.25) is 0 Å². The number of hydrogen-bond acceptors (Lipinski definition) is 7. The molecule has 0 spiro atoms. The van der Waals surface area contributed by atoms with Crippen molar-refractivity contribution in [1.29, 1.82) is 0 Å². The zero-order valence-electron chi connectivity index (χ0n) is 9.86. The predicted octanol–water partition coefficient (Wildman–Crippen LogP) is 1.88. The minimum Gasteiger partial charge on any atom is -0.216 e. The van der Waals surface area contributed by atoms with E-state index in [1.807, 2.05) is 25.3 Å². The van der Waals surface area contributed by atoms with Crippen LogP contribution in [0.25, 0.3) is 5.78 Å². The van der Waals surface area contributed by atoms with Crippen LogP contribution in [-0.2, 0) is 5.75 Å². The van der Waals surface area contributed by atoms with Crippen LogP contribution in [0, 0.1) is 13.8 Å². The van der Waals surface area contributed by atoms with Crippen molar-refractivity contribution in [2.45, 2.75) is 24.8 Å². The van der Waals surface area contributed by atoms with E-state index in [1.54, 1.807) is 4.52 Å². The molecule has 6 nitrogen and oxygen atoms in total. The number of thioether (sulfide) groups is 1. The molecular weight excluding hydrogens is 268 g/mol. The molecule has 18 heavy (non-hydrogen) atoms. The van der Waals surface area contributed by atoms with Crippen LogP contribution in [0.3, 0.4) is 0 Å². The van der Waals surface area contributed by atoms with Crippen molar-refractivity contribution in [3.8, 4) is 0 Å². The topological polar surface area (TPSA) is 68.9 Å². The Balaban J connectivity index is 1.87. The maximum Gasteiger partial charge on any atom is 0.253 e. The van der Waals surface area contributed by atoms with Gasteiger partial charge in [0.25, 0.3) is 5.78 Å². The summed E-state index contributed by atoms with van der Waals surface area (Å²) in [4.78, 5) is 8.74. The van der Waals surface area contributed by atoms with Gasteiger partial charge in [-0.2, -0.15) is 4.98 Å². The number of aryl methyl sites for hydroxylation is 2. The lowest BCUT2D eigenvalue weighted by Crippen LogP contribution is -1.97. The molecule has 3 rings (SSSR count). The van der Waals surface area contributed by atoms with E-state index in [0.29, 0.717) is 10.9 Å². The monoisotopic (exact) mass is 278 g/mol. The van der Waals surface area contributed by atoms with Crippen LogP contribution in [0.4, 0.5) is 0 Å². The second-order valence-electron chi connectivity index (χ2n) is 3.83. The molecule has 3 aromatic rings. The first kappa shape index (κ1) is 11.5. The average Bonchev–Trinajstić information content (AvgIpc) is 2.93. The highest BCUT2D eigenvalue weighted by Crippen LogP contribution is 2.19. The Hall–Kier alpha value is -1.54. The summed E-state index contributed by atoms with van der Waals surface area (Å²) in [5.41, 5.74) is 2.93. The van der Waals surface area contributed by atoms with E-state index in [2.05, 4.69) is 24.7 Å². The minimum atomic E-state index is 0.645. The van der Waals surface area contributed by atoms with Crippen molar-refractivity contribution >= 4 is 29.1 Å². The van der Waals surface area contributed by atoms with Gasteiger partial charge in [-0.25, -0.2) is 9.50 Å². The van der Waals surface area contributed by atoms with E-state index in [-0.39, 0.29) is 0 Å². The minimum absolute atomic E-state index is 0.645. The number of hydrogen-bond donors (Lipinski definition) is 0. The molecule has 0 aliphatic rings. The van der Waals surface area contributed by atoms with E-state index in [9.17, 15) is 0 Å². The quantitative estimate of drug-likeness (QED) is 0.681. The SMILES string of the molecule is Cc1cc(C)n2nc(SCc3csnn3)nc2n1. The van der Waals surface area contributed by atoms with Crippen LogP contribution in [0.2, 0.25) is 0 Å². The summed E-state index contributed by atoms with van der Waals surface area (Å²) >= 11 is 2.89. The summed E-state index contributed by atoms with van der Waals surface area (Å²) in [6, 6.07) is 1.99. The highest BCUT2D eigenvalue weighted by atomic mass is 32.2. The van der Waals surface area contributed by atoms with Gasteiger partial charge in [0.05, 0.1) is 5.69 Å². The lowest BCUT2D eigenvalue weighted by molar-refractivity contribution is 0.843. The van der Waals surface area contributed by atoms with E-state index in [0.717, 1.165) is 22.8 Å². The van der Waals surface area contributed by atoms with E-state index < -0.39 is 0 Å². The second-order valence-corrected chi connectivity index (χ2v) is 5.38. The van der Waals surface area contributed by atoms with Crippen molar-refractivity contribution in [3.63, 3.8) is 0 Å². The molecule has 0 unspecified atom stereocenters. The van der Waals surface area contributed by atoms with E-state index in [4.69, 9.17) is 0 Å². The molecule has 3 aromatic heterocycles. The van der Waals surface area contributed by atoms with Crippen LogP contribution in [0.5, 0.6) is 0 Å². The molecule has 8 heteroatoms. The molecule has 92 valence electrons. The summed E-state index contributed by atoms with van der Waals surface area (Å²) < 4.78 is 5.58. The maximum atomic E-state index is 4.41. The fraction of sp³-hybridized carbons (Fsp3) is 0.300. The molecule has 0 atom stereocenters. The highest BCUT2D eigenvalue weighted by molar-refractivity contribution is 7.98. The summed E-state index contributed by atoms with van der Waals surface area (Å²) in [6.45, 7) is 3.95. The van der Waals surface area contributed by atoms with Crippen LogP contribution in [0.1, 0.15) is 17.1 Å². The third-order valence-electron chi connectivity index (χ3n) is 2.35. The Morgan fingerprint density at radius 2 is 2.22 bits per heavy atom. The molecule has 3 heterocycles. The first-order chi connectivity index (χ1) is 8.72. The van der Waals surface area contributed by atoms with Crippen molar-refractivity contribution in [1.82, 2.24) is 29.2 Å². The Bertz CT molecular complexity index is 675. The molecule has 0 bridgehead atoms. The number of fused-ring (bicyclic) bond motifs is 1. The summed E-state index contributed by atoms with van der Waals surface area (Å²) in [5, 5.41) is 11.0. The fourth-order valence-electron chi connectivity index (χ4n) is 1.59. The molecule has 0 saturated heterocycles. The second kappa shape index (κ2) is 4.62. The van der Waals surface area contributed by atoms with Gasteiger partial charge in [0.15, 0.2) is 0 Å². The normalized spacial score (nSPS) is 11.2. The zero-order chi connectivity index (χ0) is 12.5.